The van der Waals surface area contributed by atoms with Gasteiger partial charge in [-0.05, 0) is 43.0 Å². The van der Waals surface area contributed by atoms with Gasteiger partial charge in [0.1, 0.15) is 0 Å². The van der Waals surface area contributed by atoms with Crippen LogP contribution in [-0.2, 0) is 4.79 Å². The van der Waals surface area contributed by atoms with Gasteiger partial charge in [0.15, 0.2) is 0 Å². The van der Waals surface area contributed by atoms with Gasteiger partial charge >= 0.3 is 5.97 Å². The number of nitrogens with one attached hydrogen (secondary N) is 1. The average Bonchev–Trinajstić information content (AvgIpc) is 3.21. The second-order valence-corrected chi connectivity index (χ2v) is 5.62. The minimum absolute atomic E-state index is 0.0257. The molecule has 0 unspecified atom stereocenters. The maximum Gasteiger partial charge on any atom is 0.305 e. The Morgan fingerprint density at radius 2 is 1.86 bits per heavy atom. The molecule has 1 aromatic heterocycles. The number of carbonyl (C=O) groups excluding carboxylic acids is 1. The summed E-state index contributed by atoms with van der Waals surface area (Å²) >= 11 is 0. The summed E-state index contributed by atoms with van der Waals surface area (Å²) in [6.45, 7) is 0. The summed E-state index contributed by atoms with van der Waals surface area (Å²) in [5.41, 5.74) is 1.34. The van der Waals surface area contributed by atoms with E-state index in [1.807, 2.05) is 47.3 Å². The Morgan fingerprint density at radius 1 is 1.18 bits per heavy atom. The van der Waals surface area contributed by atoms with E-state index in [2.05, 4.69) is 5.32 Å². The van der Waals surface area contributed by atoms with Crippen molar-refractivity contribution in [2.24, 2.45) is 5.92 Å². The number of carboxylic acids is 1. The van der Waals surface area contributed by atoms with Gasteiger partial charge in [-0.2, -0.15) is 0 Å². The number of aromatic nitrogens is 1. The average molecular weight is 298 g/mol. The van der Waals surface area contributed by atoms with Crippen LogP contribution in [0.25, 0.3) is 5.69 Å². The van der Waals surface area contributed by atoms with Gasteiger partial charge in [-0.25, -0.2) is 0 Å². The molecule has 5 heteroatoms. The van der Waals surface area contributed by atoms with Crippen LogP contribution in [0.2, 0.25) is 0 Å². The topological polar surface area (TPSA) is 71.3 Å². The van der Waals surface area contributed by atoms with Crippen LogP contribution < -0.4 is 5.32 Å². The fourth-order valence-corrected chi connectivity index (χ4v) is 2.65. The van der Waals surface area contributed by atoms with Crippen LogP contribution in [0.5, 0.6) is 0 Å². The van der Waals surface area contributed by atoms with E-state index >= 15 is 0 Å². The van der Waals surface area contributed by atoms with E-state index in [1.54, 1.807) is 6.07 Å². The van der Waals surface area contributed by atoms with Crippen molar-refractivity contribution in [2.45, 2.75) is 25.3 Å². The SMILES string of the molecule is O=C(O)C[C@H](NC(=O)c1ccccc1-n1cccc1)C1CC1. The molecule has 0 saturated heterocycles. The third kappa shape index (κ3) is 3.19. The molecule has 1 aromatic carbocycles. The van der Waals surface area contributed by atoms with Crippen molar-refractivity contribution in [3.63, 3.8) is 0 Å². The second kappa shape index (κ2) is 6.05. The van der Waals surface area contributed by atoms with Gasteiger partial charge in [0, 0.05) is 18.4 Å². The quantitative estimate of drug-likeness (QED) is 0.860. The fraction of sp³-hybridized carbons (Fsp3) is 0.294. The van der Waals surface area contributed by atoms with E-state index in [1.165, 1.54) is 0 Å². The Balaban J connectivity index is 1.81. The van der Waals surface area contributed by atoms with Crippen molar-refractivity contribution in [2.75, 3.05) is 0 Å². The molecule has 3 rings (SSSR count). The molecular weight excluding hydrogens is 280 g/mol. The molecule has 1 fully saturated rings. The van der Waals surface area contributed by atoms with Crippen molar-refractivity contribution < 1.29 is 14.7 Å². The van der Waals surface area contributed by atoms with Gasteiger partial charge in [-0.1, -0.05) is 12.1 Å². The molecule has 22 heavy (non-hydrogen) atoms. The lowest BCUT2D eigenvalue weighted by molar-refractivity contribution is -0.137. The molecule has 5 nitrogen and oxygen atoms in total. The smallest absolute Gasteiger partial charge is 0.305 e. The zero-order valence-electron chi connectivity index (χ0n) is 12.1. The highest BCUT2D eigenvalue weighted by Crippen LogP contribution is 2.34. The van der Waals surface area contributed by atoms with Crippen LogP contribution in [0.15, 0.2) is 48.8 Å². The molecule has 0 radical (unpaired) electrons. The summed E-state index contributed by atoms with van der Waals surface area (Å²) in [5.74, 6) is -0.808. The Morgan fingerprint density at radius 3 is 2.50 bits per heavy atom. The summed E-state index contributed by atoms with van der Waals surface area (Å²) in [4.78, 5) is 23.5. The van der Waals surface area contributed by atoms with Gasteiger partial charge < -0.3 is 15.0 Å². The minimum Gasteiger partial charge on any atom is -0.481 e. The van der Waals surface area contributed by atoms with Gasteiger partial charge in [-0.15, -0.1) is 0 Å². The number of para-hydroxylation sites is 1. The predicted octanol–water partition coefficient (Wildman–Crippen LogP) is 2.46. The summed E-state index contributed by atoms with van der Waals surface area (Å²) in [6.07, 6.45) is 5.69. The maximum absolute atomic E-state index is 12.6. The lowest BCUT2D eigenvalue weighted by Gasteiger charge is -2.18. The Hall–Kier alpha value is -2.56. The molecule has 2 N–H and O–H groups in total. The zero-order valence-corrected chi connectivity index (χ0v) is 12.1. The number of carboxylic acid groups (broad SMARTS) is 1. The Labute approximate surface area is 128 Å². The Bertz CT molecular complexity index is 675. The number of hydrogen-bond acceptors (Lipinski definition) is 2. The number of carbonyl (C=O) groups is 2. The van der Waals surface area contributed by atoms with Gasteiger partial charge in [0.05, 0.1) is 17.7 Å². The number of amides is 1. The van der Waals surface area contributed by atoms with Crippen molar-refractivity contribution in [3.05, 3.63) is 54.4 Å². The van der Waals surface area contributed by atoms with E-state index in [0.29, 0.717) is 11.5 Å². The first-order valence-electron chi connectivity index (χ1n) is 7.40. The van der Waals surface area contributed by atoms with Gasteiger partial charge in [0.25, 0.3) is 5.91 Å². The molecule has 0 spiro atoms. The molecule has 1 amide bonds. The van der Waals surface area contributed by atoms with E-state index in [9.17, 15) is 9.59 Å². The van der Waals surface area contributed by atoms with Crippen LogP contribution in [-0.4, -0.2) is 27.6 Å². The molecule has 0 aliphatic heterocycles. The fourth-order valence-electron chi connectivity index (χ4n) is 2.65. The highest BCUT2D eigenvalue weighted by atomic mass is 16.4. The predicted molar refractivity (Wildman–Crippen MR) is 82.0 cm³/mol. The normalized spacial score (nSPS) is 15.3. The monoisotopic (exact) mass is 298 g/mol. The molecule has 1 heterocycles. The number of aliphatic carboxylic acids is 1. The van der Waals surface area contributed by atoms with Crippen LogP contribution in [0, 0.1) is 5.92 Å². The first-order valence-corrected chi connectivity index (χ1v) is 7.40. The van der Waals surface area contributed by atoms with Crippen LogP contribution in [0.4, 0.5) is 0 Å². The van der Waals surface area contributed by atoms with Crippen LogP contribution in [0.1, 0.15) is 29.6 Å². The molecule has 1 aliphatic rings. The maximum atomic E-state index is 12.6. The number of hydrogen-bond donors (Lipinski definition) is 2. The third-order valence-electron chi connectivity index (χ3n) is 3.93. The Kier molecular flexibility index (Phi) is 3.96. The second-order valence-electron chi connectivity index (χ2n) is 5.62. The summed E-state index contributed by atoms with van der Waals surface area (Å²) in [5, 5.41) is 11.9. The molecule has 1 saturated carbocycles. The molecule has 1 aliphatic carbocycles. The van der Waals surface area contributed by atoms with E-state index < -0.39 is 5.97 Å². The lowest BCUT2D eigenvalue weighted by Crippen LogP contribution is -2.38. The number of benzene rings is 1. The largest absolute Gasteiger partial charge is 0.481 e. The molecule has 2 aromatic rings. The standard InChI is InChI=1S/C17H18N2O3/c20-16(21)11-14(12-7-8-12)18-17(22)13-5-1-2-6-15(13)19-9-3-4-10-19/h1-6,9-10,12,14H,7-8,11H2,(H,18,22)(H,20,21)/t14-/m0/s1. The zero-order chi connectivity index (χ0) is 15.5. The van der Waals surface area contributed by atoms with Crippen molar-refractivity contribution in [1.29, 1.82) is 0 Å². The highest BCUT2D eigenvalue weighted by Gasteiger charge is 2.34. The van der Waals surface area contributed by atoms with E-state index in [0.717, 1.165) is 18.5 Å². The van der Waals surface area contributed by atoms with Crippen LogP contribution >= 0.6 is 0 Å². The first-order chi connectivity index (χ1) is 10.6. The van der Waals surface area contributed by atoms with Gasteiger partial charge in [0.2, 0.25) is 0 Å². The third-order valence-corrected chi connectivity index (χ3v) is 3.93. The number of nitrogens with zero attached hydrogens (tertiary/aromatic N) is 1. The molecule has 114 valence electrons. The number of rotatable bonds is 6. The summed E-state index contributed by atoms with van der Waals surface area (Å²) in [7, 11) is 0. The molecule has 1 atom stereocenters. The first kappa shape index (κ1) is 14.4. The van der Waals surface area contributed by atoms with Crippen molar-refractivity contribution in [1.82, 2.24) is 9.88 Å². The molecular formula is C17H18N2O3. The van der Waals surface area contributed by atoms with E-state index in [-0.39, 0.29) is 18.4 Å². The van der Waals surface area contributed by atoms with Crippen LogP contribution in [0.3, 0.4) is 0 Å². The summed E-state index contributed by atoms with van der Waals surface area (Å²) in [6, 6.07) is 10.8. The van der Waals surface area contributed by atoms with E-state index in [4.69, 9.17) is 5.11 Å². The van der Waals surface area contributed by atoms with Crippen molar-refractivity contribution in [3.8, 4) is 5.69 Å². The summed E-state index contributed by atoms with van der Waals surface area (Å²) < 4.78 is 1.87. The van der Waals surface area contributed by atoms with Crippen molar-refractivity contribution >= 4 is 11.9 Å². The molecule has 0 bridgehead atoms. The lowest BCUT2D eigenvalue weighted by atomic mass is 10.1. The minimum atomic E-state index is -0.879. The highest BCUT2D eigenvalue weighted by molar-refractivity contribution is 5.98. The van der Waals surface area contributed by atoms with Gasteiger partial charge in [-0.3, -0.25) is 9.59 Å².